The van der Waals surface area contributed by atoms with Crippen LogP contribution in [0.5, 0.6) is 0 Å². The lowest BCUT2D eigenvalue weighted by atomic mass is 10.1. The zero-order valence-corrected chi connectivity index (χ0v) is 14.2. The number of hydrogen-bond acceptors (Lipinski definition) is 3. The Kier molecular flexibility index (Phi) is 5.54. The Morgan fingerprint density at radius 1 is 1.32 bits per heavy atom. The molecule has 0 aliphatic carbocycles. The van der Waals surface area contributed by atoms with Gasteiger partial charge in [0.2, 0.25) is 11.8 Å². The normalized spacial score (nSPS) is 12.1. The summed E-state index contributed by atoms with van der Waals surface area (Å²) in [5.41, 5.74) is 1.58. The third-order valence-electron chi connectivity index (χ3n) is 3.41. The molecule has 2 aromatic rings. The van der Waals surface area contributed by atoms with Crippen molar-refractivity contribution in [3.8, 4) is 0 Å². The number of imidazole rings is 1. The van der Waals surface area contributed by atoms with E-state index in [9.17, 15) is 9.59 Å². The highest BCUT2D eigenvalue weighted by molar-refractivity contribution is 9.10. The van der Waals surface area contributed by atoms with Gasteiger partial charge in [0.15, 0.2) is 0 Å². The summed E-state index contributed by atoms with van der Waals surface area (Å²) < 4.78 is 2.84. The molecular weight excluding hydrogens is 348 g/mol. The number of nitrogens with zero attached hydrogens (tertiary/aromatic N) is 2. The number of carbonyl (C=O) groups is 2. The molecule has 6 nitrogen and oxygen atoms in total. The first-order valence-corrected chi connectivity index (χ1v) is 7.96. The average Bonchev–Trinajstić information content (AvgIpc) is 2.91. The van der Waals surface area contributed by atoms with Crippen molar-refractivity contribution in [2.24, 2.45) is 5.92 Å². The molecule has 7 heteroatoms. The molecule has 22 heavy (non-hydrogen) atoms. The van der Waals surface area contributed by atoms with Crippen LogP contribution in [0.2, 0.25) is 0 Å². The molecule has 0 spiro atoms. The number of rotatable bonds is 6. The molecule has 1 unspecified atom stereocenters. The van der Waals surface area contributed by atoms with Gasteiger partial charge in [-0.05, 0) is 34.5 Å². The second-order valence-electron chi connectivity index (χ2n) is 5.15. The summed E-state index contributed by atoms with van der Waals surface area (Å²) in [4.78, 5) is 27.7. The number of fused-ring (bicyclic) bond motifs is 1. The van der Waals surface area contributed by atoms with E-state index in [0.29, 0.717) is 6.54 Å². The Labute approximate surface area is 137 Å². The van der Waals surface area contributed by atoms with E-state index in [4.69, 9.17) is 0 Å². The molecule has 0 radical (unpaired) electrons. The molecule has 1 atom stereocenters. The smallest absolute Gasteiger partial charge is 0.239 e. The first-order chi connectivity index (χ1) is 10.5. The van der Waals surface area contributed by atoms with E-state index in [0.717, 1.165) is 22.2 Å². The molecular formula is C15H19BrN4O2. The van der Waals surface area contributed by atoms with Gasteiger partial charge in [0.25, 0.3) is 0 Å². The number of aromatic nitrogens is 2. The van der Waals surface area contributed by atoms with E-state index in [-0.39, 0.29) is 24.3 Å². The van der Waals surface area contributed by atoms with Crippen LogP contribution in [0.4, 0.5) is 0 Å². The molecule has 0 aromatic carbocycles. The van der Waals surface area contributed by atoms with Gasteiger partial charge in [0.05, 0.1) is 18.8 Å². The third kappa shape index (κ3) is 4.30. The van der Waals surface area contributed by atoms with Gasteiger partial charge >= 0.3 is 0 Å². The van der Waals surface area contributed by atoms with E-state index < -0.39 is 0 Å². The van der Waals surface area contributed by atoms with E-state index in [1.165, 1.54) is 0 Å². The van der Waals surface area contributed by atoms with Crippen molar-refractivity contribution >= 4 is 33.4 Å². The molecule has 2 heterocycles. The molecule has 2 amide bonds. The minimum absolute atomic E-state index is 0.0118. The quantitative estimate of drug-likeness (QED) is 0.819. The molecule has 118 valence electrons. The maximum atomic E-state index is 11.7. The molecule has 0 bridgehead atoms. The van der Waals surface area contributed by atoms with E-state index >= 15 is 0 Å². The van der Waals surface area contributed by atoms with Crippen molar-refractivity contribution in [3.63, 3.8) is 0 Å². The number of nitrogens with one attached hydrogen (secondary N) is 2. The third-order valence-corrected chi connectivity index (χ3v) is 3.88. The Hall–Kier alpha value is -1.89. The lowest BCUT2D eigenvalue weighted by molar-refractivity contribution is -0.128. The molecule has 0 aliphatic rings. The fraction of sp³-hybridized carbons (Fsp3) is 0.400. The van der Waals surface area contributed by atoms with Crippen LogP contribution in [0.3, 0.4) is 0 Å². The fourth-order valence-corrected chi connectivity index (χ4v) is 2.23. The van der Waals surface area contributed by atoms with Crippen molar-refractivity contribution in [2.75, 3.05) is 6.54 Å². The van der Waals surface area contributed by atoms with Gasteiger partial charge < -0.3 is 15.0 Å². The van der Waals surface area contributed by atoms with Gasteiger partial charge in [-0.25, -0.2) is 4.98 Å². The van der Waals surface area contributed by atoms with E-state index in [1.807, 2.05) is 42.8 Å². The first kappa shape index (κ1) is 16.5. The summed E-state index contributed by atoms with van der Waals surface area (Å²) in [5, 5.41) is 5.37. The molecule has 2 rings (SSSR count). The lowest BCUT2D eigenvalue weighted by Crippen LogP contribution is -2.38. The van der Waals surface area contributed by atoms with Crippen LogP contribution in [0, 0.1) is 5.92 Å². The maximum Gasteiger partial charge on any atom is 0.239 e. The average molecular weight is 367 g/mol. The van der Waals surface area contributed by atoms with Crippen LogP contribution >= 0.6 is 15.9 Å². The molecule has 0 saturated carbocycles. The van der Waals surface area contributed by atoms with Crippen molar-refractivity contribution < 1.29 is 9.59 Å². The van der Waals surface area contributed by atoms with Gasteiger partial charge in [-0.2, -0.15) is 0 Å². The second-order valence-corrected chi connectivity index (χ2v) is 6.06. The Morgan fingerprint density at radius 2 is 2.09 bits per heavy atom. The maximum absolute atomic E-state index is 11.7. The topological polar surface area (TPSA) is 75.5 Å². The highest BCUT2D eigenvalue weighted by Crippen LogP contribution is 2.12. The van der Waals surface area contributed by atoms with Crippen molar-refractivity contribution in [2.45, 2.75) is 26.8 Å². The Morgan fingerprint density at radius 3 is 2.82 bits per heavy atom. The second kappa shape index (κ2) is 7.40. The van der Waals surface area contributed by atoms with Gasteiger partial charge in [-0.1, -0.05) is 13.8 Å². The Balaban J connectivity index is 1.83. The zero-order valence-electron chi connectivity index (χ0n) is 12.6. The summed E-state index contributed by atoms with van der Waals surface area (Å²) in [5.74, 6) is -0.408. The number of halogens is 1. The number of hydrogen-bond donors (Lipinski definition) is 2. The number of pyridine rings is 1. The van der Waals surface area contributed by atoms with Crippen LogP contribution in [0.25, 0.3) is 5.65 Å². The van der Waals surface area contributed by atoms with Crippen molar-refractivity contribution in [1.82, 2.24) is 20.0 Å². The summed E-state index contributed by atoms with van der Waals surface area (Å²) in [6.45, 7) is 4.09. The molecule has 0 fully saturated rings. The van der Waals surface area contributed by atoms with Gasteiger partial charge in [0.1, 0.15) is 5.65 Å². The highest BCUT2D eigenvalue weighted by atomic mass is 79.9. The van der Waals surface area contributed by atoms with Crippen molar-refractivity contribution in [1.29, 1.82) is 0 Å². The van der Waals surface area contributed by atoms with Crippen LogP contribution in [-0.4, -0.2) is 27.7 Å². The SMILES string of the molecule is CCC(C)C(=O)NCC(=O)NCc1cn2cc(Br)ccc2n1. The van der Waals surface area contributed by atoms with E-state index in [1.54, 1.807) is 0 Å². The summed E-state index contributed by atoms with van der Waals surface area (Å²) in [7, 11) is 0. The summed E-state index contributed by atoms with van der Waals surface area (Å²) in [6, 6.07) is 3.80. The first-order valence-electron chi connectivity index (χ1n) is 7.17. The van der Waals surface area contributed by atoms with Gasteiger partial charge in [-0.15, -0.1) is 0 Å². The number of carbonyl (C=O) groups excluding carboxylic acids is 2. The van der Waals surface area contributed by atoms with Crippen molar-refractivity contribution in [3.05, 3.63) is 34.7 Å². The molecule has 2 aromatic heterocycles. The molecule has 2 N–H and O–H groups in total. The lowest BCUT2D eigenvalue weighted by Gasteiger charge is -2.09. The summed E-state index contributed by atoms with van der Waals surface area (Å²) in [6.07, 6.45) is 4.52. The minimum Gasteiger partial charge on any atom is -0.349 e. The zero-order chi connectivity index (χ0) is 16.1. The standard InChI is InChI=1S/C15H19BrN4O2/c1-3-10(2)15(22)18-7-14(21)17-6-12-9-20-8-11(16)4-5-13(20)19-12/h4-5,8-10H,3,6-7H2,1-2H3,(H,17,21)(H,18,22). The number of amides is 2. The Bertz CT molecular complexity index is 683. The van der Waals surface area contributed by atoms with Crippen LogP contribution in [-0.2, 0) is 16.1 Å². The fourth-order valence-electron chi connectivity index (χ4n) is 1.88. The largest absolute Gasteiger partial charge is 0.349 e. The molecule has 0 saturated heterocycles. The van der Waals surface area contributed by atoms with Crippen LogP contribution < -0.4 is 10.6 Å². The van der Waals surface area contributed by atoms with E-state index in [2.05, 4.69) is 31.5 Å². The van der Waals surface area contributed by atoms with Gasteiger partial charge in [-0.3, -0.25) is 9.59 Å². The summed E-state index contributed by atoms with van der Waals surface area (Å²) >= 11 is 3.40. The van der Waals surface area contributed by atoms with Crippen LogP contribution in [0.1, 0.15) is 26.0 Å². The minimum atomic E-state index is -0.227. The van der Waals surface area contributed by atoms with Gasteiger partial charge in [0, 0.05) is 22.8 Å². The van der Waals surface area contributed by atoms with Crippen LogP contribution in [0.15, 0.2) is 29.0 Å². The monoisotopic (exact) mass is 366 g/mol. The highest BCUT2D eigenvalue weighted by Gasteiger charge is 2.11. The predicted octanol–water partition coefficient (Wildman–Crippen LogP) is 1.88. The molecule has 0 aliphatic heterocycles. The predicted molar refractivity (Wildman–Crippen MR) is 87.2 cm³/mol.